The predicted molar refractivity (Wildman–Crippen MR) is 57.7 cm³/mol. The van der Waals surface area contributed by atoms with Crippen molar-refractivity contribution in [2.24, 2.45) is 0 Å². The van der Waals surface area contributed by atoms with E-state index in [2.05, 4.69) is 6.92 Å². The fourth-order valence-electron chi connectivity index (χ4n) is 1.25. The quantitative estimate of drug-likeness (QED) is 0.660. The summed E-state index contributed by atoms with van der Waals surface area (Å²) >= 11 is 13.6. The van der Waals surface area contributed by atoms with Crippen LogP contribution >= 0.6 is 34.5 Å². The Hall–Kier alpha value is 0.280. The Balaban J connectivity index is 2.65. The minimum atomic E-state index is 0.221. The third-order valence-electron chi connectivity index (χ3n) is 1.77. The zero-order valence-electron chi connectivity index (χ0n) is 7.18. The normalized spacial score (nSPS) is 16.0. The van der Waals surface area contributed by atoms with Gasteiger partial charge in [-0.2, -0.15) is 0 Å². The van der Waals surface area contributed by atoms with Gasteiger partial charge in [0.2, 0.25) is 0 Å². The van der Waals surface area contributed by atoms with E-state index < -0.39 is 0 Å². The van der Waals surface area contributed by atoms with E-state index in [1.165, 1.54) is 4.88 Å². The maximum Gasteiger partial charge on any atom is 0.0547 e. The molecule has 2 atom stereocenters. The molecular weight excluding hydrogens is 211 g/mol. The summed E-state index contributed by atoms with van der Waals surface area (Å²) in [7, 11) is 0. The van der Waals surface area contributed by atoms with Crippen LogP contribution in [0.3, 0.4) is 0 Å². The van der Waals surface area contributed by atoms with Crippen LogP contribution in [0.5, 0.6) is 0 Å². The molecule has 2 unspecified atom stereocenters. The van der Waals surface area contributed by atoms with Gasteiger partial charge < -0.3 is 0 Å². The molecule has 1 heterocycles. The highest BCUT2D eigenvalue weighted by atomic mass is 35.5. The van der Waals surface area contributed by atoms with Crippen LogP contribution in [-0.2, 0) is 0 Å². The Morgan fingerprint density at radius 3 is 2.58 bits per heavy atom. The molecule has 0 nitrogen and oxygen atoms in total. The number of alkyl halides is 1. The molecule has 0 spiro atoms. The second-order valence-corrected chi connectivity index (χ2v) is 5.15. The molecule has 0 aliphatic rings. The fourth-order valence-corrected chi connectivity index (χ4v) is 2.84. The molecular formula is C9H12Cl2S. The molecule has 0 aromatic carbocycles. The van der Waals surface area contributed by atoms with Crippen molar-refractivity contribution in [3.05, 3.63) is 21.3 Å². The summed E-state index contributed by atoms with van der Waals surface area (Å²) in [6, 6.07) is 1.94. The van der Waals surface area contributed by atoms with E-state index in [1.54, 1.807) is 11.3 Å². The number of halogens is 2. The molecule has 0 radical (unpaired) electrons. The first-order chi connectivity index (χ1) is 5.61. The van der Waals surface area contributed by atoms with Crippen LogP contribution < -0.4 is 0 Å². The molecule has 1 aromatic rings. The van der Waals surface area contributed by atoms with Crippen molar-refractivity contribution in [1.29, 1.82) is 0 Å². The van der Waals surface area contributed by atoms with Gasteiger partial charge in [-0.15, -0.1) is 22.9 Å². The number of rotatable bonds is 3. The van der Waals surface area contributed by atoms with Crippen LogP contribution in [0.2, 0.25) is 5.02 Å². The van der Waals surface area contributed by atoms with Gasteiger partial charge >= 0.3 is 0 Å². The summed E-state index contributed by atoms with van der Waals surface area (Å²) < 4.78 is 0. The van der Waals surface area contributed by atoms with Gasteiger partial charge in [0.1, 0.15) is 0 Å². The lowest BCUT2D eigenvalue weighted by molar-refractivity contribution is 0.681. The zero-order valence-corrected chi connectivity index (χ0v) is 9.51. The van der Waals surface area contributed by atoms with Gasteiger partial charge in [0.05, 0.1) is 5.02 Å². The summed E-state index contributed by atoms with van der Waals surface area (Å²) in [6.45, 7) is 4.18. The van der Waals surface area contributed by atoms with Gasteiger partial charge in [0, 0.05) is 10.3 Å². The van der Waals surface area contributed by atoms with E-state index in [9.17, 15) is 0 Å². The first-order valence-corrected chi connectivity index (χ1v) is 5.67. The fraction of sp³-hybridized carbons (Fsp3) is 0.556. The number of hydrogen-bond acceptors (Lipinski definition) is 1. The topological polar surface area (TPSA) is 0 Å². The molecule has 0 aliphatic heterocycles. The van der Waals surface area contributed by atoms with Crippen molar-refractivity contribution < 1.29 is 0 Å². The van der Waals surface area contributed by atoms with Crippen molar-refractivity contribution in [2.45, 2.75) is 31.6 Å². The van der Waals surface area contributed by atoms with Gasteiger partial charge in [0.25, 0.3) is 0 Å². The average Bonchev–Trinajstić information content (AvgIpc) is 2.33. The highest BCUT2D eigenvalue weighted by Gasteiger charge is 2.12. The van der Waals surface area contributed by atoms with E-state index in [-0.39, 0.29) is 5.38 Å². The lowest BCUT2D eigenvalue weighted by Gasteiger charge is -2.10. The highest BCUT2D eigenvalue weighted by Crippen LogP contribution is 2.33. The smallest absolute Gasteiger partial charge is 0.0547 e. The van der Waals surface area contributed by atoms with Crippen molar-refractivity contribution >= 4 is 34.5 Å². The molecule has 0 saturated carbocycles. The van der Waals surface area contributed by atoms with Crippen molar-refractivity contribution in [3.63, 3.8) is 0 Å². The van der Waals surface area contributed by atoms with Gasteiger partial charge in [-0.1, -0.05) is 18.5 Å². The van der Waals surface area contributed by atoms with E-state index in [0.717, 1.165) is 11.4 Å². The summed E-state index contributed by atoms with van der Waals surface area (Å²) in [5.41, 5.74) is 0. The lowest BCUT2D eigenvalue weighted by atomic mass is 10.0. The molecule has 0 aliphatic carbocycles. The summed E-state index contributed by atoms with van der Waals surface area (Å²) in [5.74, 6) is 0.477. The first-order valence-electron chi connectivity index (χ1n) is 3.98. The Morgan fingerprint density at radius 1 is 1.50 bits per heavy atom. The Morgan fingerprint density at radius 2 is 2.17 bits per heavy atom. The Labute approximate surface area is 87.5 Å². The van der Waals surface area contributed by atoms with Crippen molar-refractivity contribution in [1.82, 2.24) is 0 Å². The van der Waals surface area contributed by atoms with Crippen molar-refractivity contribution in [3.8, 4) is 0 Å². The van der Waals surface area contributed by atoms with E-state index in [4.69, 9.17) is 23.2 Å². The maximum atomic E-state index is 5.99. The zero-order chi connectivity index (χ0) is 9.14. The number of hydrogen-bond donors (Lipinski definition) is 0. The minimum absolute atomic E-state index is 0.221. The largest absolute Gasteiger partial charge is 0.147 e. The maximum absolute atomic E-state index is 5.99. The third-order valence-corrected chi connectivity index (χ3v) is 3.54. The SMILES string of the molecule is CC(Cl)CC(C)c1sccc1Cl. The molecule has 0 N–H and O–H groups in total. The second-order valence-electron chi connectivity index (χ2n) is 3.05. The molecule has 3 heteroatoms. The second kappa shape index (κ2) is 4.50. The summed E-state index contributed by atoms with van der Waals surface area (Å²) in [6.07, 6.45) is 0.988. The standard InChI is InChI=1S/C9H12Cl2S/c1-6(5-7(2)10)9-8(11)3-4-12-9/h3-4,6-7H,5H2,1-2H3. The average molecular weight is 223 g/mol. The minimum Gasteiger partial charge on any atom is -0.147 e. The van der Waals surface area contributed by atoms with Gasteiger partial charge in [-0.3, -0.25) is 0 Å². The highest BCUT2D eigenvalue weighted by molar-refractivity contribution is 7.10. The van der Waals surface area contributed by atoms with Crippen LogP contribution in [0.4, 0.5) is 0 Å². The summed E-state index contributed by atoms with van der Waals surface area (Å²) in [4.78, 5) is 1.25. The summed E-state index contributed by atoms with van der Waals surface area (Å²) in [5, 5.41) is 3.12. The number of thiophene rings is 1. The van der Waals surface area contributed by atoms with E-state index >= 15 is 0 Å². The van der Waals surface area contributed by atoms with Crippen LogP contribution in [0.25, 0.3) is 0 Å². The molecule has 12 heavy (non-hydrogen) atoms. The van der Waals surface area contributed by atoms with Crippen LogP contribution in [0, 0.1) is 0 Å². The molecule has 0 amide bonds. The Kier molecular flexibility index (Phi) is 3.88. The van der Waals surface area contributed by atoms with Crippen LogP contribution in [-0.4, -0.2) is 5.38 Å². The van der Waals surface area contributed by atoms with E-state index in [1.807, 2.05) is 18.4 Å². The molecule has 1 rings (SSSR count). The van der Waals surface area contributed by atoms with Gasteiger partial charge in [-0.05, 0) is 30.7 Å². The monoisotopic (exact) mass is 222 g/mol. The van der Waals surface area contributed by atoms with Crippen molar-refractivity contribution in [2.75, 3.05) is 0 Å². The molecule has 68 valence electrons. The first kappa shape index (κ1) is 10.4. The van der Waals surface area contributed by atoms with Gasteiger partial charge in [0.15, 0.2) is 0 Å². The molecule has 0 fully saturated rings. The van der Waals surface area contributed by atoms with Crippen LogP contribution in [0.15, 0.2) is 11.4 Å². The third kappa shape index (κ3) is 2.65. The lowest BCUT2D eigenvalue weighted by Crippen LogP contribution is -1.99. The van der Waals surface area contributed by atoms with E-state index in [0.29, 0.717) is 5.92 Å². The molecule has 0 bridgehead atoms. The molecule has 1 aromatic heterocycles. The van der Waals surface area contributed by atoms with Crippen LogP contribution in [0.1, 0.15) is 31.1 Å². The predicted octanol–water partition coefficient (Wildman–Crippen LogP) is 4.52. The Bertz CT molecular complexity index is 242. The van der Waals surface area contributed by atoms with Gasteiger partial charge in [-0.25, -0.2) is 0 Å². The molecule has 0 saturated heterocycles.